The van der Waals surface area contributed by atoms with Gasteiger partial charge in [0.15, 0.2) is 11.4 Å². The van der Waals surface area contributed by atoms with Gasteiger partial charge in [-0.3, -0.25) is 4.79 Å². The summed E-state index contributed by atoms with van der Waals surface area (Å²) in [5, 5.41) is 1.28. The zero-order chi connectivity index (χ0) is 18.5. The lowest BCUT2D eigenvalue weighted by atomic mass is 10.3. The number of rotatable bonds is 6. The van der Waals surface area contributed by atoms with Crippen LogP contribution in [0.3, 0.4) is 0 Å². The summed E-state index contributed by atoms with van der Waals surface area (Å²) in [5.74, 6) is 1.17. The Labute approximate surface area is 169 Å². The summed E-state index contributed by atoms with van der Waals surface area (Å²) in [6.45, 7) is 0.645. The van der Waals surface area contributed by atoms with E-state index in [0.717, 1.165) is 22.5 Å². The number of nitrogens with zero attached hydrogens (tertiary/aromatic N) is 2. The molecule has 4 nitrogen and oxygen atoms in total. The molecule has 0 saturated carbocycles. The predicted molar refractivity (Wildman–Crippen MR) is 111 cm³/mol. The Bertz CT molecular complexity index is 981. The number of hydrogen-bond donors (Lipinski definition) is 0. The first-order valence-electron chi connectivity index (χ1n) is 7.80. The standard InChI is InChI=1S/C18H16Cl2N2O2S2/c1-25-9-8-22-15-7-4-13(20)10-16(15)26-18(22)21-17(23)11-24-14-5-2-12(19)3-6-14/h2-7,10H,8-9,11H2,1H3. The molecule has 0 radical (unpaired) electrons. The van der Waals surface area contributed by atoms with E-state index in [9.17, 15) is 4.79 Å². The number of aryl methyl sites for hydroxylation is 1. The Morgan fingerprint density at radius 2 is 1.92 bits per heavy atom. The molecule has 0 bridgehead atoms. The molecule has 1 heterocycles. The highest BCUT2D eigenvalue weighted by molar-refractivity contribution is 7.98. The predicted octanol–water partition coefficient (Wildman–Crippen LogP) is 4.88. The van der Waals surface area contributed by atoms with Gasteiger partial charge in [-0.15, -0.1) is 0 Å². The van der Waals surface area contributed by atoms with Crippen molar-refractivity contribution in [3.8, 4) is 5.75 Å². The van der Waals surface area contributed by atoms with Crippen LogP contribution in [-0.4, -0.2) is 29.1 Å². The third-order valence-corrected chi connectivity index (χ3v) is 5.68. The number of thioether (sulfide) groups is 1. The lowest BCUT2D eigenvalue weighted by Crippen LogP contribution is -2.20. The van der Waals surface area contributed by atoms with Crippen LogP contribution in [0, 0.1) is 0 Å². The van der Waals surface area contributed by atoms with E-state index >= 15 is 0 Å². The van der Waals surface area contributed by atoms with Crippen LogP contribution >= 0.6 is 46.3 Å². The summed E-state index contributed by atoms with van der Waals surface area (Å²) in [7, 11) is 0. The minimum Gasteiger partial charge on any atom is -0.484 e. The topological polar surface area (TPSA) is 43.6 Å². The van der Waals surface area contributed by atoms with E-state index in [1.807, 2.05) is 29.0 Å². The van der Waals surface area contributed by atoms with Crippen LogP contribution in [0.4, 0.5) is 0 Å². The number of amides is 1. The van der Waals surface area contributed by atoms with Gasteiger partial charge in [-0.05, 0) is 48.7 Å². The molecule has 0 N–H and O–H groups in total. The van der Waals surface area contributed by atoms with Crippen LogP contribution in [-0.2, 0) is 11.3 Å². The molecule has 3 aromatic rings. The molecule has 0 saturated heterocycles. The number of carbonyl (C=O) groups excluding carboxylic acids is 1. The second-order valence-corrected chi connectivity index (χ2v) is 8.26. The molecule has 26 heavy (non-hydrogen) atoms. The number of benzene rings is 2. The normalized spacial score (nSPS) is 11.9. The lowest BCUT2D eigenvalue weighted by Gasteiger charge is -2.04. The van der Waals surface area contributed by atoms with Crippen molar-refractivity contribution >= 4 is 62.4 Å². The average Bonchev–Trinajstić information content (AvgIpc) is 2.95. The Hall–Kier alpha value is -1.47. The first kappa shape index (κ1) is 19.3. The fourth-order valence-corrected chi connectivity index (χ4v) is 4.19. The van der Waals surface area contributed by atoms with Crippen LogP contribution in [0.2, 0.25) is 10.0 Å². The SMILES string of the molecule is CSCCn1c(=NC(=O)COc2ccc(Cl)cc2)sc2cc(Cl)ccc21. The van der Waals surface area contributed by atoms with Crippen LogP contribution < -0.4 is 9.54 Å². The van der Waals surface area contributed by atoms with Crippen molar-refractivity contribution in [2.45, 2.75) is 6.54 Å². The van der Waals surface area contributed by atoms with Gasteiger partial charge in [-0.1, -0.05) is 34.5 Å². The molecular formula is C18H16Cl2N2O2S2. The molecule has 1 amide bonds. The Kier molecular flexibility index (Phi) is 6.64. The summed E-state index contributed by atoms with van der Waals surface area (Å²) >= 11 is 15.1. The number of aromatic nitrogens is 1. The molecule has 8 heteroatoms. The largest absolute Gasteiger partial charge is 0.484 e. The highest BCUT2D eigenvalue weighted by atomic mass is 35.5. The zero-order valence-electron chi connectivity index (χ0n) is 13.9. The smallest absolute Gasteiger partial charge is 0.286 e. The Morgan fingerprint density at radius 3 is 2.65 bits per heavy atom. The Morgan fingerprint density at radius 1 is 1.19 bits per heavy atom. The number of hydrogen-bond acceptors (Lipinski definition) is 4. The average molecular weight is 427 g/mol. The maximum absolute atomic E-state index is 12.3. The van der Waals surface area contributed by atoms with E-state index in [4.69, 9.17) is 27.9 Å². The van der Waals surface area contributed by atoms with Gasteiger partial charge in [0.2, 0.25) is 0 Å². The summed E-state index contributed by atoms with van der Waals surface area (Å²) in [5.41, 5.74) is 1.03. The van der Waals surface area contributed by atoms with E-state index in [1.165, 1.54) is 11.3 Å². The molecule has 0 aliphatic heterocycles. The molecule has 0 fully saturated rings. The fourth-order valence-electron chi connectivity index (χ4n) is 2.35. The first-order chi connectivity index (χ1) is 12.6. The molecule has 136 valence electrons. The van der Waals surface area contributed by atoms with Gasteiger partial charge in [0.1, 0.15) is 5.75 Å². The maximum atomic E-state index is 12.3. The minimum atomic E-state index is -0.337. The van der Waals surface area contributed by atoms with Gasteiger partial charge in [0, 0.05) is 22.3 Å². The molecule has 0 aliphatic rings. The van der Waals surface area contributed by atoms with E-state index in [0.29, 0.717) is 20.6 Å². The molecule has 0 aliphatic carbocycles. The third-order valence-electron chi connectivity index (χ3n) is 3.56. The van der Waals surface area contributed by atoms with Crippen molar-refractivity contribution in [1.29, 1.82) is 0 Å². The summed E-state index contributed by atoms with van der Waals surface area (Å²) in [4.78, 5) is 17.2. The van der Waals surface area contributed by atoms with E-state index in [2.05, 4.69) is 4.99 Å². The van der Waals surface area contributed by atoms with Gasteiger partial charge in [0.05, 0.1) is 10.2 Å². The van der Waals surface area contributed by atoms with Crippen molar-refractivity contribution in [3.05, 3.63) is 57.3 Å². The van der Waals surface area contributed by atoms with Crippen molar-refractivity contribution < 1.29 is 9.53 Å². The number of fused-ring (bicyclic) bond motifs is 1. The quantitative estimate of drug-likeness (QED) is 0.563. The van der Waals surface area contributed by atoms with E-state index in [-0.39, 0.29) is 12.5 Å². The van der Waals surface area contributed by atoms with Crippen molar-refractivity contribution in [1.82, 2.24) is 4.57 Å². The first-order valence-corrected chi connectivity index (χ1v) is 10.8. The monoisotopic (exact) mass is 426 g/mol. The number of thiazole rings is 1. The molecular weight excluding hydrogens is 411 g/mol. The van der Waals surface area contributed by atoms with Crippen LogP contribution in [0.1, 0.15) is 0 Å². The lowest BCUT2D eigenvalue weighted by molar-refractivity contribution is -0.120. The van der Waals surface area contributed by atoms with Crippen molar-refractivity contribution in [2.75, 3.05) is 18.6 Å². The molecule has 1 aromatic heterocycles. The molecule has 0 spiro atoms. The molecule has 2 aromatic carbocycles. The van der Waals surface area contributed by atoms with Crippen molar-refractivity contribution in [3.63, 3.8) is 0 Å². The summed E-state index contributed by atoms with van der Waals surface area (Å²) < 4.78 is 8.53. The highest BCUT2D eigenvalue weighted by Crippen LogP contribution is 2.22. The van der Waals surface area contributed by atoms with Crippen molar-refractivity contribution in [2.24, 2.45) is 4.99 Å². The Balaban J connectivity index is 1.84. The zero-order valence-corrected chi connectivity index (χ0v) is 17.1. The fraction of sp³-hybridized carbons (Fsp3) is 0.222. The molecule has 0 atom stereocenters. The number of carbonyl (C=O) groups is 1. The number of ether oxygens (including phenoxy) is 1. The molecule has 3 rings (SSSR count). The highest BCUT2D eigenvalue weighted by Gasteiger charge is 2.09. The van der Waals surface area contributed by atoms with Gasteiger partial charge in [-0.2, -0.15) is 16.8 Å². The second kappa shape index (κ2) is 8.95. The van der Waals surface area contributed by atoms with Crippen LogP contribution in [0.5, 0.6) is 5.75 Å². The van der Waals surface area contributed by atoms with Gasteiger partial charge < -0.3 is 9.30 Å². The van der Waals surface area contributed by atoms with Gasteiger partial charge in [0.25, 0.3) is 5.91 Å². The third kappa shape index (κ3) is 4.82. The van der Waals surface area contributed by atoms with Gasteiger partial charge in [-0.25, -0.2) is 0 Å². The van der Waals surface area contributed by atoms with E-state index in [1.54, 1.807) is 36.0 Å². The van der Waals surface area contributed by atoms with Crippen LogP contribution in [0.15, 0.2) is 47.5 Å². The van der Waals surface area contributed by atoms with Crippen LogP contribution in [0.25, 0.3) is 10.2 Å². The number of halogens is 2. The summed E-state index contributed by atoms with van der Waals surface area (Å²) in [6.07, 6.45) is 2.05. The maximum Gasteiger partial charge on any atom is 0.286 e. The van der Waals surface area contributed by atoms with E-state index < -0.39 is 0 Å². The molecule has 0 unspecified atom stereocenters. The summed E-state index contributed by atoms with van der Waals surface area (Å²) in [6, 6.07) is 12.6. The van der Waals surface area contributed by atoms with Gasteiger partial charge >= 0.3 is 0 Å². The second-order valence-electron chi connectivity index (χ2n) is 5.39. The minimum absolute atomic E-state index is 0.126.